The topological polar surface area (TPSA) is 30.9 Å². The molecule has 0 amide bonds. The van der Waals surface area contributed by atoms with Crippen molar-refractivity contribution in [3.63, 3.8) is 0 Å². The van der Waals surface area contributed by atoms with Crippen molar-refractivity contribution in [2.75, 3.05) is 6.54 Å². The molecule has 0 spiro atoms. The van der Waals surface area contributed by atoms with Gasteiger partial charge in [0.25, 0.3) is 0 Å². The van der Waals surface area contributed by atoms with Gasteiger partial charge in [-0.25, -0.2) is 0 Å². The third-order valence-corrected chi connectivity index (χ3v) is 4.06. The van der Waals surface area contributed by atoms with Crippen LogP contribution in [-0.4, -0.2) is 11.1 Å². The number of aromatic nitrogens is 1. The van der Waals surface area contributed by atoms with Crippen molar-refractivity contribution in [3.05, 3.63) is 23.5 Å². The van der Waals surface area contributed by atoms with Crippen LogP contribution in [-0.2, 0) is 0 Å². The molecule has 2 unspecified atom stereocenters. The van der Waals surface area contributed by atoms with Crippen LogP contribution in [0.3, 0.4) is 0 Å². The summed E-state index contributed by atoms with van der Waals surface area (Å²) in [5.41, 5.74) is 8.56. The number of rotatable bonds is 3. The number of nitrogens with zero attached hydrogens (tertiary/aromatic N) is 1. The lowest BCUT2D eigenvalue weighted by Gasteiger charge is -2.34. The van der Waals surface area contributed by atoms with Crippen molar-refractivity contribution in [2.24, 2.45) is 11.7 Å². The van der Waals surface area contributed by atoms with Crippen LogP contribution in [0.15, 0.2) is 12.1 Å². The Hall–Kier alpha value is -0.760. The quantitative estimate of drug-likeness (QED) is 0.833. The molecule has 90 valence electrons. The van der Waals surface area contributed by atoms with Crippen LogP contribution in [0.2, 0.25) is 0 Å². The summed E-state index contributed by atoms with van der Waals surface area (Å²) in [5.74, 6) is 0.795. The van der Waals surface area contributed by atoms with E-state index in [0.29, 0.717) is 6.04 Å². The summed E-state index contributed by atoms with van der Waals surface area (Å²) in [6.07, 6.45) is 6.64. The Kier molecular flexibility index (Phi) is 3.70. The van der Waals surface area contributed by atoms with Gasteiger partial charge in [0.2, 0.25) is 0 Å². The van der Waals surface area contributed by atoms with Crippen molar-refractivity contribution < 1.29 is 0 Å². The molecular formula is C14H24N2. The summed E-state index contributed by atoms with van der Waals surface area (Å²) < 4.78 is 2.54. The Morgan fingerprint density at radius 1 is 1.19 bits per heavy atom. The van der Waals surface area contributed by atoms with Gasteiger partial charge in [-0.2, -0.15) is 0 Å². The first kappa shape index (κ1) is 11.7. The summed E-state index contributed by atoms with van der Waals surface area (Å²) >= 11 is 0. The number of hydrogen-bond donors (Lipinski definition) is 1. The van der Waals surface area contributed by atoms with E-state index in [4.69, 9.17) is 5.73 Å². The molecular weight excluding hydrogens is 196 g/mol. The summed E-state index contributed by atoms with van der Waals surface area (Å²) in [6.45, 7) is 5.28. The van der Waals surface area contributed by atoms with Crippen molar-refractivity contribution in [1.82, 2.24) is 4.57 Å². The molecule has 2 N–H and O–H groups in total. The highest BCUT2D eigenvalue weighted by molar-refractivity contribution is 5.15. The Labute approximate surface area is 98.8 Å². The Balaban J connectivity index is 2.22. The maximum Gasteiger partial charge on any atom is 0.0364 e. The molecule has 0 radical (unpaired) electrons. The second-order valence-electron chi connectivity index (χ2n) is 5.18. The number of nitrogens with two attached hydrogens (primary N) is 1. The molecule has 0 bridgehead atoms. The molecule has 1 aromatic rings. The Bertz CT molecular complexity index is 319. The molecule has 1 heterocycles. The molecule has 0 aromatic carbocycles. The fourth-order valence-electron chi connectivity index (χ4n) is 3.28. The lowest BCUT2D eigenvalue weighted by atomic mass is 9.82. The Morgan fingerprint density at radius 2 is 1.81 bits per heavy atom. The van der Waals surface area contributed by atoms with Gasteiger partial charge in [-0.3, -0.25) is 0 Å². The van der Waals surface area contributed by atoms with Crippen LogP contribution < -0.4 is 5.73 Å². The van der Waals surface area contributed by atoms with Crippen LogP contribution in [0.4, 0.5) is 0 Å². The third-order valence-electron chi connectivity index (χ3n) is 4.06. The lowest BCUT2D eigenvalue weighted by Crippen LogP contribution is -2.26. The zero-order chi connectivity index (χ0) is 11.5. The summed E-state index contributed by atoms with van der Waals surface area (Å²) in [6, 6.07) is 5.18. The normalized spacial score (nSPS) is 25.9. The summed E-state index contributed by atoms with van der Waals surface area (Å²) in [5, 5.41) is 0. The molecule has 2 atom stereocenters. The highest BCUT2D eigenvalue weighted by atomic mass is 15.0. The van der Waals surface area contributed by atoms with E-state index in [-0.39, 0.29) is 0 Å². The molecule has 1 aliphatic carbocycles. The van der Waals surface area contributed by atoms with E-state index >= 15 is 0 Å². The van der Waals surface area contributed by atoms with E-state index < -0.39 is 0 Å². The van der Waals surface area contributed by atoms with Gasteiger partial charge in [0.1, 0.15) is 0 Å². The largest absolute Gasteiger partial charge is 0.346 e. The van der Waals surface area contributed by atoms with Crippen molar-refractivity contribution in [2.45, 2.75) is 52.0 Å². The van der Waals surface area contributed by atoms with Crippen LogP contribution in [0, 0.1) is 19.8 Å². The molecule has 2 heteroatoms. The second-order valence-corrected chi connectivity index (χ2v) is 5.18. The van der Waals surface area contributed by atoms with Crippen molar-refractivity contribution in [1.29, 1.82) is 0 Å². The zero-order valence-electron chi connectivity index (χ0n) is 10.6. The van der Waals surface area contributed by atoms with Crippen LogP contribution in [0.1, 0.15) is 49.5 Å². The molecule has 0 aliphatic heterocycles. The first-order chi connectivity index (χ1) is 7.74. The van der Waals surface area contributed by atoms with Gasteiger partial charge in [-0.1, -0.05) is 12.8 Å². The molecule has 1 fully saturated rings. The van der Waals surface area contributed by atoms with E-state index in [9.17, 15) is 0 Å². The first-order valence-electron chi connectivity index (χ1n) is 6.58. The van der Waals surface area contributed by atoms with Gasteiger partial charge in [-0.15, -0.1) is 0 Å². The zero-order valence-corrected chi connectivity index (χ0v) is 10.6. The van der Waals surface area contributed by atoms with Crippen LogP contribution in [0.5, 0.6) is 0 Å². The van der Waals surface area contributed by atoms with E-state index in [1.54, 1.807) is 0 Å². The van der Waals surface area contributed by atoms with E-state index in [1.165, 1.54) is 43.5 Å². The minimum Gasteiger partial charge on any atom is -0.346 e. The van der Waals surface area contributed by atoms with Gasteiger partial charge in [0.15, 0.2) is 0 Å². The highest BCUT2D eigenvalue weighted by Gasteiger charge is 2.26. The maximum absolute atomic E-state index is 5.74. The molecule has 16 heavy (non-hydrogen) atoms. The van der Waals surface area contributed by atoms with Gasteiger partial charge >= 0.3 is 0 Å². The molecule has 2 nitrogen and oxygen atoms in total. The minimum atomic E-state index is 0.701. The minimum absolute atomic E-state index is 0.701. The average molecular weight is 220 g/mol. The molecule has 2 rings (SSSR count). The smallest absolute Gasteiger partial charge is 0.0364 e. The maximum atomic E-state index is 5.74. The Morgan fingerprint density at radius 3 is 2.44 bits per heavy atom. The van der Waals surface area contributed by atoms with Crippen LogP contribution >= 0.6 is 0 Å². The highest BCUT2D eigenvalue weighted by Crippen LogP contribution is 2.37. The van der Waals surface area contributed by atoms with Crippen molar-refractivity contribution in [3.8, 4) is 0 Å². The second kappa shape index (κ2) is 5.05. The van der Waals surface area contributed by atoms with Gasteiger partial charge in [0, 0.05) is 17.4 Å². The molecule has 0 saturated heterocycles. The third kappa shape index (κ3) is 2.17. The molecule has 1 aromatic heterocycles. The first-order valence-corrected chi connectivity index (χ1v) is 6.58. The van der Waals surface area contributed by atoms with E-state index in [2.05, 4.69) is 30.5 Å². The van der Waals surface area contributed by atoms with E-state index in [1.807, 2.05) is 0 Å². The fourth-order valence-corrected chi connectivity index (χ4v) is 3.28. The molecule has 1 aliphatic rings. The predicted molar refractivity (Wildman–Crippen MR) is 68.6 cm³/mol. The summed E-state index contributed by atoms with van der Waals surface area (Å²) in [7, 11) is 0. The van der Waals surface area contributed by atoms with Crippen LogP contribution in [0.25, 0.3) is 0 Å². The SMILES string of the molecule is Cc1ccc(C)n1C1CCCCC1CCN. The van der Waals surface area contributed by atoms with Gasteiger partial charge < -0.3 is 10.3 Å². The fraction of sp³-hybridized carbons (Fsp3) is 0.714. The monoisotopic (exact) mass is 220 g/mol. The number of hydrogen-bond acceptors (Lipinski definition) is 1. The number of aryl methyl sites for hydroxylation is 2. The van der Waals surface area contributed by atoms with E-state index in [0.717, 1.165) is 12.5 Å². The molecule has 1 saturated carbocycles. The standard InChI is InChI=1S/C14H24N2/c1-11-7-8-12(2)16(11)14-6-4-3-5-13(14)9-10-15/h7-8,13-14H,3-6,9-10,15H2,1-2H3. The average Bonchev–Trinajstić information content (AvgIpc) is 2.60. The lowest BCUT2D eigenvalue weighted by molar-refractivity contribution is 0.224. The van der Waals surface area contributed by atoms with Gasteiger partial charge in [0.05, 0.1) is 0 Å². The predicted octanol–water partition coefficient (Wildman–Crippen LogP) is 3.19. The van der Waals surface area contributed by atoms with Crippen molar-refractivity contribution >= 4 is 0 Å². The van der Waals surface area contributed by atoms with Gasteiger partial charge in [-0.05, 0) is 57.7 Å². The summed E-state index contributed by atoms with van der Waals surface area (Å²) in [4.78, 5) is 0.